The maximum Gasteiger partial charge on any atom is 0.255 e. The molecule has 1 aliphatic heterocycles. The van der Waals surface area contributed by atoms with E-state index in [2.05, 4.69) is 39.8 Å². The Kier molecular flexibility index (Phi) is 5.79. The average Bonchev–Trinajstić information content (AvgIpc) is 2.45. The van der Waals surface area contributed by atoms with E-state index in [1.54, 1.807) is 0 Å². The molecule has 1 aromatic carbocycles. The average molecular weight is 354 g/mol. The van der Waals surface area contributed by atoms with Gasteiger partial charge in [-0.05, 0) is 54.6 Å². The Hall–Kier alpha value is -0.910. The van der Waals surface area contributed by atoms with E-state index in [-0.39, 0.29) is 5.91 Å². The van der Waals surface area contributed by atoms with Crippen molar-refractivity contribution >= 4 is 21.8 Å². The fourth-order valence-electron chi connectivity index (χ4n) is 2.48. The Morgan fingerprint density at radius 3 is 2.48 bits per heavy atom. The number of halogens is 1. The molecule has 0 bridgehead atoms. The number of hydrogen-bond acceptors (Lipinski definition) is 3. The van der Waals surface area contributed by atoms with Gasteiger partial charge >= 0.3 is 0 Å². The van der Waals surface area contributed by atoms with Gasteiger partial charge in [0.25, 0.3) is 5.91 Å². The summed E-state index contributed by atoms with van der Waals surface area (Å²) in [7, 11) is 4.18. The third kappa shape index (κ3) is 4.53. The molecule has 1 heterocycles. The molecule has 1 amide bonds. The van der Waals surface area contributed by atoms with E-state index in [9.17, 15) is 4.79 Å². The molecule has 0 spiro atoms. The maximum atomic E-state index is 12.6. The van der Waals surface area contributed by atoms with Crippen LogP contribution in [0.1, 0.15) is 15.9 Å². The Morgan fingerprint density at radius 2 is 1.90 bits per heavy atom. The Labute approximate surface area is 135 Å². The summed E-state index contributed by atoms with van der Waals surface area (Å²) in [6, 6.07) is 5.91. The standard InChI is InChI=1S/C16H24BrN3O/c1-13-4-5-14(15(17)12-13)16(21)20-10-8-19(9-11-20)7-6-18(2)3/h4-5,12H,6-11H2,1-3H3. The second-order valence-corrected chi connectivity index (χ2v) is 6.77. The van der Waals surface area contributed by atoms with E-state index in [0.29, 0.717) is 0 Å². The quantitative estimate of drug-likeness (QED) is 0.828. The summed E-state index contributed by atoms with van der Waals surface area (Å²) in [5, 5.41) is 0. The van der Waals surface area contributed by atoms with E-state index in [1.807, 2.05) is 30.0 Å². The van der Waals surface area contributed by atoms with E-state index in [4.69, 9.17) is 0 Å². The smallest absolute Gasteiger partial charge is 0.255 e. The molecule has 116 valence electrons. The number of benzene rings is 1. The van der Waals surface area contributed by atoms with Crippen LogP contribution in [0.15, 0.2) is 22.7 Å². The van der Waals surface area contributed by atoms with Crippen molar-refractivity contribution in [1.29, 1.82) is 0 Å². The van der Waals surface area contributed by atoms with Crippen LogP contribution in [0.5, 0.6) is 0 Å². The first kappa shape index (κ1) is 16.5. The van der Waals surface area contributed by atoms with E-state index < -0.39 is 0 Å². The van der Waals surface area contributed by atoms with Crippen molar-refractivity contribution in [1.82, 2.24) is 14.7 Å². The zero-order valence-corrected chi connectivity index (χ0v) is 14.7. The van der Waals surface area contributed by atoms with E-state index in [0.717, 1.165) is 54.9 Å². The van der Waals surface area contributed by atoms with Gasteiger partial charge in [0.1, 0.15) is 0 Å². The van der Waals surface area contributed by atoms with Crippen LogP contribution in [-0.2, 0) is 0 Å². The number of nitrogens with zero attached hydrogens (tertiary/aromatic N) is 3. The molecule has 0 aliphatic carbocycles. The van der Waals surface area contributed by atoms with Gasteiger partial charge < -0.3 is 9.80 Å². The first-order valence-electron chi connectivity index (χ1n) is 7.40. The van der Waals surface area contributed by atoms with Gasteiger partial charge in [0.15, 0.2) is 0 Å². The van der Waals surface area contributed by atoms with Crippen LogP contribution in [0, 0.1) is 6.92 Å². The van der Waals surface area contributed by atoms with Crippen molar-refractivity contribution in [3.05, 3.63) is 33.8 Å². The largest absolute Gasteiger partial charge is 0.336 e. The molecular weight excluding hydrogens is 330 g/mol. The van der Waals surface area contributed by atoms with Gasteiger partial charge in [0, 0.05) is 43.7 Å². The fraction of sp³-hybridized carbons (Fsp3) is 0.562. The van der Waals surface area contributed by atoms with Crippen molar-refractivity contribution in [2.45, 2.75) is 6.92 Å². The molecule has 0 saturated carbocycles. The molecule has 1 fully saturated rings. The van der Waals surface area contributed by atoms with Crippen LogP contribution in [0.4, 0.5) is 0 Å². The molecule has 2 rings (SSSR count). The second kappa shape index (κ2) is 7.38. The van der Waals surface area contributed by atoms with Gasteiger partial charge in [-0.15, -0.1) is 0 Å². The number of likely N-dealkylation sites (N-methyl/N-ethyl adjacent to an activating group) is 1. The lowest BCUT2D eigenvalue weighted by molar-refractivity contribution is 0.0629. The minimum atomic E-state index is 0.133. The summed E-state index contributed by atoms with van der Waals surface area (Å²) in [5.41, 5.74) is 1.93. The van der Waals surface area contributed by atoms with Crippen molar-refractivity contribution in [3.63, 3.8) is 0 Å². The van der Waals surface area contributed by atoms with Gasteiger partial charge in [-0.2, -0.15) is 0 Å². The van der Waals surface area contributed by atoms with Crippen LogP contribution in [0.2, 0.25) is 0 Å². The third-order valence-corrected chi connectivity index (χ3v) is 4.53. The van der Waals surface area contributed by atoms with Gasteiger partial charge in [-0.3, -0.25) is 9.69 Å². The summed E-state index contributed by atoms with van der Waals surface area (Å²) in [5.74, 6) is 0.133. The summed E-state index contributed by atoms with van der Waals surface area (Å²) >= 11 is 3.50. The zero-order valence-electron chi connectivity index (χ0n) is 13.1. The van der Waals surface area contributed by atoms with Crippen LogP contribution >= 0.6 is 15.9 Å². The van der Waals surface area contributed by atoms with E-state index >= 15 is 0 Å². The molecule has 0 atom stereocenters. The molecule has 5 heteroatoms. The van der Waals surface area contributed by atoms with Gasteiger partial charge in [-0.1, -0.05) is 6.07 Å². The normalized spacial score (nSPS) is 16.5. The molecule has 0 N–H and O–H groups in total. The molecule has 4 nitrogen and oxygen atoms in total. The number of carbonyl (C=O) groups excluding carboxylic acids is 1. The summed E-state index contributed by atoms with van der Waals surface area (Å²) in [4.78, 5) is 19.2. The number of carbonyl (C=O) groups is 1. The lowest BCUT2D eigenvalue weighted by Gasteiger charge is -2.35. The number of amides is 1. The predicted molar refractivity (Wildman–Crippen MR) is 89.8 cm³/mol. The highest BCUT2D eigenvalue weighted by molar-refractivity contribution is 9.10. The minimum absolute atomic E-state index is 0.133. The summed E-state index contributed by atoms with van der Waals surface area (Å²) < 4.78 is 0.891. The highest BCUT2D eigenvalue weighted by atomic mass is 79.9. The minimum Gasteiger partial charge on any atom is -0.336 e. The van der Waals surface area contributed by atoms with Crippen LogP contribution in [0.25, 0.3) is 0 Å². The molecule has 21 heavy (non-hydrogen) atoms. The molecule has 1 aromatic rings. The first-order chi connectivity index (χ1) is 9.97. The molecule has 1 saturated heterocycles. The van der Waals surface area contributed by atoms with Crippen LogP contribution in [0.3, 0.4) is 0 Å². The maximum absolute atomic E-state index is 12.6. The Bertz CT molecular complexity index is 496. The molecular formula is C16H24BrN3O. The Morgan fingerprint density at radius 1 is 1.24 bits per heavy atom. The zero-order chi connectivity index (χ0) is 15.4. The third-order valence-electron chi connectivity index (χ3n) is 3.88. The highest BCUT2D eigenvalue weighted by Gasteiger charge is 2.23. The molecule has 0 radical (unpaired) electrons. The van der Waals surface area contributed by atoms with Crippen molar-refractivity contribution < 1.29 is 4.79 Å². The van der Waals surface area contributed by atoms with Gasteiger partial charge in [0.2, 0.25) is 0 Å². The van der Waals surface area contributed by atoms with E-state index in [1.165, 1.54) is 0 Å². The SMILES string of the molecule is Cc1ccc(C(=O)N2CCN(CCN(C)C)CC2)c(Br)c1. The molecule has 0 aromatic heterocycles. The second-order valence-electron chi connectivity index (χ2n) is 5.92. The lowest BCUT2D eigenvalue weighted by Crippen LogP contribution is -2.50. The number of hydrogen-bond donors (Lipinski definition) is 0. The highest BCUT2D eigenvalue weighted by Crippen LogP contribution is 2.20. The monoisotopic (exact) mass is 353 g/mol. The van der Waals surface area contributed by atoms with Gasteiger partial charge in [-0.25, -0.2) is 0 Å². The number of piperazine rings is 1. The van der Waals surface area contributed by atoms with Gasteiger partial charge in [0.05, 0.1) is 5.56 Å². The fourth-order valence-corrected chi connectivity index (χ4v) is 3.14. The topological polar surface area (TPSA) is 26.8 Å². The molecule has 1 aliphatic rings. The van der Waals surface area contributed by atoms with Crippen molar-refractivity contribution in [2.24, 2.45) is 0 Å². The molecule has 0 unspecified atom stereocenters. The summed E-state index contributed by atoms with van der Waals surface area (Å²) in [6.07, 6.45) is 0. The van der Waals surface area contributed by atoms with Crippen LogP contribution < -0.4 is 0 Å². The summed E-state index contributed by atoms with van der Waals surface area (Å²) in [6.45, 7) is 7.72. The first-order valence-corrected chi connectivity index (χ1v) is 8.19. The van der Waals surface area contributed by atoms with Crippen molar-refractivity contribution in [2.75, 3.05) is 53.4 Å². The predicted octanol–water partition coefficient (Wildman–Crippen LogP) is 2.08. The lowest BCUT2D eigenvalue weighted by atomic mass is 10.1. The van der Waals surface area contributed by atoms with Crippen LogP contribution in [-0.4, -0.2) is 74.0 Å². The number of aryl methyl sites for hydroxylation is 1. The van der Waals surface area contributed by atoms with Crippen molar-refractivity contribution in [3.8, 4) is 0 Å². The Balaban J connectivity index is 1.91. The number of rotatable bonds is 4.